The van der Waals surface area contributed by atoms with Gasteiger partial charge in [-0.2, -0.15) is 0 Å². The van der Waals surface area contributed by atoms with E-state index in [0.29, 0.717) is 16.3 Å². The summed E-state index contributed by atoms with van der Waals surface area (Å²) in [6.07, 6.45) is 1.58. The van der Waals surface area contributed by atoms with Crippen LogP contribution < -0.4 is 4.74 Å². The van der Waals surface area contributed by atoms with Gasteiger partial charge in [-0.05, 0) is 42.8 Å². The third-order valence-electron chi connectivity index (χ3n) is 3.01. The number of halogens is 1. The monoisotopic (exact) mass is 286 g/mol. The van der Waals surface area contributed by atoms with Crippen molar-refractivity contribution in [1.29, 1.82) is 0 Å². The third-order valence-corrected chi connectivity index (χ3v) is 3.42. The largest absolute Gasteiger partial charge is 0.423 e. The second kappa shape index (κ2) is 4.98. The molecule has 1 N–H and O–H groups in total. The molecule has 0 aliphatic carbocycles. The average Bonchev–Trinajstić information content (AvgIpc) is 2.90. The fourth-order valence-corrected chi connectivity index (χ4v) is 2.04. The van der Waals surface area contributed by atoms with Crippen molar-refractivity contribution in [2.45, 2.75) is 6.92 Å². The van der Waals surface area contributed by atoms with E-state index >= 15 is 0 Å². The Morgan fingerprint density at radius 1 is 1.25 bits per heavy atom. The van der Waals surface area contributed by atoms with Crippen LogP contribution in [-0.4, -0.2) is 15.9 Å². The van der Waals surface area contributed by atoms with Crippen LogP contribution in [0.2, 0.25) is 5.02 Å². The second-order valence-electron chi connectivity index (χ2n) is 4.43. The van der Waals surface area contributed by atoms with Crippen LogP contribution in [0.15, 0.2) is 42.7 Å². The van der Waals surface area contributed by atoms with Gasteiger partial charge in [-0.3, -0.25) is 0 Å². The number of hydrogen-bond donors (Lipinski definition) is 1. The Balaban J connectivity index is 1.86. The molecule has 0 saturated carbocycles. The molecule has 3 rings (SSSR count). The molecule has 1 heterocycles. The van der Waals surface area contributed by atoms with E-state index < -0.39 is 5.97 Å². The minimum Gasteiger partial charge on any atom is -0.423 e. The zero-order chi connectivity index (χ0) is 14.1. The number of aromatic nitrogens is 2. The fraction of sp³-hybridized carbons (Fsp3) is 0.0667. The Bertz CT molecular complexity index is 795. The number of rotatable bonds is 2. The van der Waals surface area contributed by atoms with Crippen LogP contribution in [0.25, 0.3) is 11.0 Å². The number of ether oxygens (including phenoxy) is 1. The van der Waals surface area contributed by atoms with Crippen LogP contribution in [0.1, 0.15) is 15.9 Å². The first-order valence-corrected chi connectivity index (χ1v) is 6.43. The average molecular weight is 287 g/mol. The normalized spacial score (nSPS) is 10.7. The molecule has 0 amide bonds. The van der Waals surface area contributed by atoms with Crippen LogP contribution in [0.4, 0.5) is 0 Å². The molecular weight excluding hydrogens is 276 g/mol. The van der Waals surface area contributed by atoms with Gasteiger partial charge in [0, 0.05) is 5.02 Å². The molecule has 5 heteroatoms. The topological polar surface area (TPSA) is 55.0 Å². The van der Waals surface area contributed by atoms with Crippen molar-refractivity contribution >= 4 is 28.6 Å². The number of imidazole rings is 1. The summed E-state index contributed by atoms with van der Waals surface area (Å²) in [6.45, 7) is 1.89. The van der Waals surface area contributed by atoms with Crippen LogP contribution in [0.5, 0.6) is 5.75 Å². The standard InChI is InChI=1S/C15H11ClN2O2/c1-9-2-4-11(7-12(9)16)20-15(19)10-3-5-13-14(6-10)18-8-17-13/h2-8H,1H3,(H,17,18). The molecule has 0 spiro atoms. The summed E-state index contributed by atoms with van der Waals surface area (Å²) < 4.78 is 5.30. The number of esters is 1. The Morgan fingerprint density at radius 3 is 2.90 bits per heavy atom. The van der Waals surface area contributed by atoms with Gasteiger partial charge in [-0.15, -0.1) is 0 Å². The number of nitrogens with zero attached hydrogens (tertiary/aromatic N) is 1. The lowest BCUT2D eigenvalue weighted by Gasteiger charge is -2.06. The maximum atomic E-state index is 12.1. The molecule has 4 nitrogen and oxygen atoms in total. The third kappa shape index (κ3) is 2.38. The lowest BCUT2D eigenvalue weighted by atomic mass is 10.2. The first-order chi connectivity index (χ1) is 9.63. The maximum absolute atomic E-state index is 12.1. The number of benzene rings is 2. The molecule has 20 heavy (non-hydrogen) atoms. The summed E-state index contributed by atoms with van der Waals surface area (Å²) in [5.74, 6) is -0.00303. The Labute approximate surface area is 120 Å². The highest BCUT2D eigenvalue weighted by atomic mass is 35.5. The van der Waals surface area contributed by atoms with Crippen molar-refractivity contribution in [3.05, 3.63) is 58.9 Å². The molecule has 100 valence electrons. The molecule has 1 aromatic heterocycles. The Morgan fingerprint density at radius 2 is 2.10 bits per heavy atom. The molecule has 2 aromatic carbocycles. The number of carbonyl (C=O) groups is 1. The van der Waals surface area contributed by atoms with Gasteiger partial charge in [0.2, 0.25) is 0 Å². The smallest absolute Gasteiger partial charge is 0.343 e. The molecule has 0 fully saturated rings. The van der Waals surface area contributed by atoms with E-state index in [1.54, 1.807) is 36.7 Å². The Hall–Kier alpha value is -2.33. The highest BCUT2D eigenvalue weighted by Gasteiger charge is 2.10. The molecule has 3 aromatic rings. The van der Waals surface area contributed by atoms with Crippen molar-refractivity contribution in [3.63, 3.8) is 0 Å². The summed E-state index contributed by atoms with van der Waals surface area (Å²) in [5, 5.41) is 0.569. The van der Waals surface area contributed by atoms with Crippen LogP contribution in [0, 0.1) is 6.92 Å². The highest BCUT2D eigenvalue weighted by molar-refractivity contribution is 6.31. The SMILES string of the molecule is Cc1ccc(OC(=O)c2ccc3nc[nH]c3c2)cc1Cl. The van der Waals surface area contributed by atoms with Gasteiger partial charge in [0.15, 0.2) is 0 Å². The molecule has 0 aliphatic heterocycles. The van der Waals surface area contributed by atoms with Crippen LogP contribution in [0.3, 0.4) is 0 Å². The fourth-order valence-electron chi connectivity index (χ4n) is 1.87. The number of nitrogens with one attached hydrogen (secondary N) is 1. The van der Waals surface area contributed by atoms with E-state index in [-0.39, 0.29) is 0 Å². The maximum Gasteiger partial charge on any atom is 0.343 e. The number of aromatic amines is 1. The molecular formula is C15H11ClN2O2. The van der Waals surface area contributed by atoms with Gasteiger partial charge in [0.1, 0.15) is 5.75 Å². The van der Waals surface area contributed by atoms with Crippen LogP contribution in [-0.2, 0) is 0 Å². The van der Waals surface area contributed by atoms with Gasteiger partial charge < -0.3 is 9.72 Å². The molecule has 0 bridgehead atoms. The first kappa shape index (κ1) is 12.7. The first-order valence-electron chi connectivity index (χ1n) is 6.05. The molecule has 0 atom stereocenters. The molecule has 0 aliphatic rings. The van der Waals surface area contributed by atoms with Gasteiger partial charge >= 0.3 is 5.97 Å². The minimum absolute atomic E-state index is 0.426. The second-order valence-corrected chi connectivity index (χ2v) is 4.84. The van der Waals surface area contributed by atoms with Gasteiger partial charge in [0.05, 0.1) is 22.9 Å². The minimum atomic E-state index is -0.429. The summed E-state index contributed by atoms with van der Waals surface area (Å²) in [4.78, 5) is 19.1. The number of hydrogen-bond acceptors (Lipinski definition) is 3. The summed E-state index contributed by atoms with van der Waals surface area (Å²) in [6, 6.07) is 10.3. The molecule has 0 saturated heterocycles. The number of H-pyrrole nitrogens is 1. The highest BCUT2D eigenvalue weighted by Crippen LogP contribution is 2.22. The Kier molecular flexibility index (Phi) is 3.16. The molecule has 0 radical (unpaired) electrons. The van der Waals surface area contributed by atoms with Crippen molar-refractivity contribution in [3.8, 4) is 5.75 Å². The zero-order valence-corrected chi connectivity index (χ0v) is 11.4. The zero-order valence-electron chi connectivity index (χ0n) is 10.7. The lowest BCUT2D eigenvalue weighted by Crippen LogP contribution is -2.08. The van der Waals surface area contributed by atoms with Crippen molar-refractivity contribution in [1.82, 2.24) is 9.97 Å². The number of fused-ring (bicyclic) bond motifs is 1. The molecule has 0 unspecified atom stereocenters. The van der Waals surface area contributed by atoms with E-state index in [2.05, 4.69) is 9.97 Å². The predicted molar refractivity (Wildman–Crippen MR) is 77.2 cm³/mol. The van der Waals surface area contributed by atoms with E-state index in [1.807, 2.05) is 13.0 Å². The van der Waals surface area contributed by atoms with E-state index in [0.717, 1.165) is 16.6 Å². The summed E-state index contributed by atoms with van der Waals surface area (Å²) in [7, 11) is 0. The van der Waals surface area contributed by atoms with E-state index in [9.17, 15) is 4.79 Å². The van der Waals surface area contributed by atoms with E-state index in [1.165, 1.54) is 0 Å². The van der Waals surface area contributed by atoms with Gasteiger partial charge in [-0.1, -0.05) is 17.7 Å². The van der Waals surface area contributed by atoms with Crippen molar-refractivity contribution < 1.29 is 9.53 Å². The van der Waals surface area contributed by atoms with E-state index in [4.69, 9.17) is 16.3 Å². The number of carbonyl (C=O) groups excluding carboxylic acids is 1. The summed E-state index contributed by atoms with van der Waals surface area (Å²) in [5.41, 5.74) is 2.99. The predicted octanol–water partition coefficient (Wildman–Crippen LogP) is 3.74. The summed E-state index contributed by atoms with van der Waals surface area (Å²) >= 11 is 6.00. The lowest BCUT2D eigenvalue weighted by molar-refractivity contribution is 0.0735. The number of aryl methyl sites for hydroxylation is 1. The van der Waals surface area contributed by atoms with Crippen molar-refractivity contribution in [2.75, 3.05) is 0 Å². The van der Waals surface area contributed by atoms with Gasteiger partial charge in [0.25, 0.3) is 0 Å². The van der Waals surface area contributed by atoms with Crippen LogP contribution >= 0.6 is 11.6 Å². The van der Waals surface area contributed by atoms with Gasteiger partial charge in [-0.25, -0.2) is 9.78 Å². The quantitative estimate of drug-likeness (QED) is 0.577. The van der Waals surface area contributed by atoms with Crippen molar-refractivity contribution in [2.24, 2.45) is 0 Å².